The van der Waals surface area contributed by atoms with Gasteiger partial charge in [-0.25, -0.2) is 4.98 Å². The summed E-state index contributed by atoms with van der Waals surface area (Å²) in [6.07, 6.45) is 4.06. The first-order chi connectivity index (χ1) is 15.0. The largest absolute Gasteiger partial charge is 0.357 e. The minimum absolute atomic E-state index is 0.0529. The molecular weight excluding hydrogens is 406 g/mol. The Bertz CT molecular complexity index is 1250. The molecule has 7 heteroatoms. The van der Waals surface area contributed by atoms with Crippen LogP contribution in [0.1, 0.15) is 65.3 Å². The van der Waals surface area contributed by atoms with Crippen LogP contribution >= 0.6 is 11.3 Å². The maximum atomic E-state index is 13.6. The first kappa shape index (κ1) is 19.0. The van der Waals surface area contributed by atoms with Crippen molar-refractivity contribution in [3.05, 3.63) is 45.6 Å². The van der Waals surface area contributed by atoms with E-state index in [1.165, 1.54) is 19.3 Å². The number of aromatic amines is 1. The van der Waals surface area contributed by atoms with Gasteiger partial charge in [-0.1, -0.05) is 23.8 Å². The lowest BCUT2D eigenvalue weighted by molar-refractivity contribution is 0.103. The predicted octanol–water partition coefficient (Wildman–Crippen LogP) is 4.04. The molecule has 3 aliphatic rings. The minimum atomic E-state index is -0.396. The van der Waals surface area contributed by atoms with Crippen LogP contribution in [-0.4, -0.2) is 52.9 Å². The summed E-state index contributed by atoms with van der Waals surface area (Å²) in [5.74, 6) is 0.0529. The molecule has 31 heavy (non-hydrogen) atoms. The molecule has 0 radical (unpaired) electrons. The molecule has 3 aromatic rings. The number of piperazine rings is 1. The SMILES string of the molecule is CC1(C)c2nc(N3CCN(C4CCC4)CC3)sc2C(=O)c2c1[nH]c1cc(C#N)ccc21. The van der Waals surface area contributed by atoms with Crippen LogP contribution in [0.3, 0.4) is 0 Å². The van der Waals surface area contributed by atoms with E-state index in [0.29, 0.717) is 5.56 Å². The highest BCUT2D eigenvalue weighted by atomic mass is 32.1. The zero-order valence-electron chi connectivity index (χ0n) is 17.9. The summed E-state index contributed by atoms with van der Waals surface area (Å²) >= 11 is 1.55. The van der Waals surface area contributed by atoms with E-state index in [1.54, 1.807) is 17.4 Å². The number of thiazole rings is 1. The van der Waals surface area contributed by atoms with Crippen molar-refractivity contribution in [2.75, 3.05) is 31.1 Å². The Balaban J connectivity index is 1.36. The summed E-state index contributed by atoms with van der Waals surface area (Å²) < 4.78 is 0. The van der Waals surface area contributed by atoms with Gasteiger partial charge in [0.1, 0.15) is 4.88 Å². The normalized spacial score (nSPS) is 20.9. The quantitative estimate of drug-likeness (QED) is 0.663. The average Bonchev–Trinajstić information content (AvgIpc) is 3.35. The van der Waals surface area contributed by atoms with Gasteiger partial charge in [0.15, 0.2) is 5.13 Å². The summed E-state index contributed by atoms with van der Waals surface area (Å²) in [7, 11) is 0. The number of nitrogens with zero attached hydrogens (tertiary/aromatic N) is 4. The molecule has 3 heterocycles. The Kier molecular flexibility index (Phi) is 4.08. The Morgan fingerprint density at radius 3 is 2.68 bits per heavy atom. The number of benzene rings is 1. The first-order valence-electron chi connectivity index (χ1n) is 11.1. The highest BCUT2D eigenvalue weighted by Crippen LogP contribution is 2.46. The molecule has 6 nitrogen and oxygen atoms in total. The van der Waals surface area contributed by atoms with E-state index < -0.39 is 5.41 Å². The van der Waals surface area contributed by atoms with Gasteiger partial charge in [-0.3, -0.25) is 9.69 Å². The van der Waals surface area contributed by atoms with E-state index >= 15 is 0 Å². The summed E-state index contributed by atoms with van der Waals surface area (Å²) in [4.78, 5) is 27.8. The fourth-order valence-corrected chi connectivity index (χ4v) is 6.48. The molecule has 2 aromatic heterocycles. The molecule has 0 spiro atoms. The van der Waals surface area contributed by atoms with Crippen molar-refractivity contribution in [2.24, 2.45) is 0 Å². The van der Waals surface area contributed by atoms with Crippen molar-refractivity contribution in [1.29, 1.82) is 5.26 Å². The van der Waals surface area contributed by atoms with E-state index in [1.807, 2.05) is 12.1 Å². The minimum Gasteiger partial charge on any atom is -0.357 e. The van der Waals surface area contributed by atoms with Crippen molar-refractivity contribution < 1.29 is 4.79 Å². The number of hydrogen-bond donors (Lipinski definition) is 1. The number of aromatic nitrogens is 2. The third kappa shape index (κ3) is 2.71. The smallest absolute Gasteiger partial charge is 0.207 e. The van der Waals surface area contributed by atoms with Crippen LogP contribution in [0.25, 0.3) is 10.9 Å². The van der Waals surface area contributed by atoms with Crippen LogP contribution in [0, 0.1) is 11.3 Å². The van der Waals surface area contributed by atoms with Gasteiger partial charge in [-0.05, 0) is 38.8 Å². The zero-order valence-corrected chi connectivity index (χ0v) is 18.7. The van der Waals surface area contributed by atoms with Crippen LogP contribution in [0.5, 0.6) is 0 Å². The highest BCUT2D eigenvalue weighted by molar-refractivity contribution is 7.18. The molecule has 0 unspecified atom stereocenters. The molecule has 1 aromatic carbocycles. The standard InChI is InChI=1S/C24H25N5OS/c1-24(2)21-18(16-7-6-14(13-25)12-17(16)26-21)19(30)20-22(24)27-23(31-20)29-10-8-28(9-11-29)15-4-3-5-15/h6-7,12,15,26H,3-5,8-11H2,1-2H3. The van der Waals surface area contributed by atoms with Gasteiger partial charge in [-0.15, -0.1) is 0 Å². The number of hydrogen-bond acceptors (Lipinski definition) is 6. The molecule has 2 aliphatic carbocycles. The highest BCUT2D eigenvalue weighted by Gasteiger charge is 2.43. The molecule has 1 aliphatic heterocycles. The molecule has 0 amide bonds. The van der Waals surface area contributed by atoms with Gasteiger partial charge in [0.25, 0.3) is 0 Å². The lowest BCUT2D eigenvalue weighted by Gasteiger charge is -2.42. The second-order valence-electron chi connectivity index (χ2n) is 9.48. The van der Waals surface area contributed by atoms with E-state index in [4.69, 9.17) is 4.98 Å². The Hall–Kier alpha value is -2.69. The van der Waals surface area contributed by atoms with Gasteiger partial charge in [0.05, 0.1) is 22.9 Å². The number of nitrogens with one attached hydrogen (secondary N) is 1. The molecule has 1 saturated heterocycles. The van der Waals surface area contributed by atoms with Crippen LogP contribution in [0.4, 0.5) is 5.13 Å². The molecule has 2 fully saturated rings. The zero-order chi connectivity index (χ0) is 21.3. The summed E-state index contributed by atoms with van der Waals surface area (Å²) in [6, 6.07) is 8.47. The van der Waals surface area contributed by atoms with Gasteiger partial charge < -0.3 is 9.88 Å². The van der Waals surface area contributed by atoms with Crippen LogP contribution < -0.4 is 4.90 Å². The number of ketones is 1. The number of anilines is 1. The Morgan fingerprint density at radius 2 is 2.00 bits per heavy atom. The van der Waals surface area contributed by atoms with Crippen LogP contribution in [0.15, 0.2) is 18.2 Å². The van der Waals surface area contributed by atoms with Crippen LogP contribution in [-0.2, 0) is 5.41 Å². The van der Waals surface area contributed by atoms with Gasteiger partial charge >= 0.3 is 0 Å². The number of carbonyl (C=O) groups is 1. The topological polar surface area (TPSA) is 76.0 Å². The van der Waals surface area contributed by atoms with Crippen LogP contribution in [0.2, 0.25) is 0 Å². The second kappa shape index (κ2) is 6.65. The third-order valence-electron chi connectivity index (χ3n) is 7.37. The number of nitriles is 1. The van der Waals surface area contributed by atoms with Crippen molar-refractivity contribution in [2.45, 2.75) is 44.6 Å². The second-order valence-corrected chi connectivity index (χ2v) is 10.5. The molecule has 158 valence electrons. The summed E-state index contributed by atoms with van der Waals surface area (Å²) in [5, 5.41) is 11.1. The average molecular weight is 432 g/mol. The lowest BCUT2D eigenvalue weighted by Crippen LogP contribution is -2.52. The van der Waals surface area contributed by atoms with Crippen molar-refractivity contribution in [1.82, 2.24) is 14.9 Å². The van der Waals surface area contributed by atoms with Crippen molar-refractivity contribution in [3.63, 3.8) is 0 Å². The number of H-pyrrole nitrogens is 1. The third-order valence-corrected chi connectivity index (χ3v) is 8.48. The van der Waals surface area contributed by atoms with Gasteiger partial charge in [0.2, 0.25) is 5.78 Å². The predicted molar refractivity (Wildman–Crippen MR) is 122 cm³/mol. The van der Waals surface area contributed by atoms with E-state index in [0.717, 1.165) is 70.1 Å². The monoisotopic (exact) mass is 431 g/mol. The van der Waals surface area contributed by atoms with Crippen molar-refractivity contribution in [3.8, 4) is 6.07 Å². The fourth-order valence-electron chi connectivity index (χ4n) is 5.26. The molecule has 0 atom stereocenters. The number of rotatable bonds is 2. The van der Waals surface area contributed by atoms with Gasteiger partial charge in [0, 0.05) is 54.2 Å². The lowest BCUT2D eigenvalue weighted by atomic mass is 9.77. The molecule has 1 N–H and O–H groups in total. The maximum Gasteiger partial charge on any atom is 0.207 e. The molecule has 1 saturated carbocycles. The summed E-state index contributed by atoms with van der Waals surface area (Å²) in [6.45, 7) is 8.38. The summed E-state index contributed by atoms with van der Waals surface area (Å²) in [5.41, 5.74) is 3.55. The van der Waals surface area contributed by atoms with E-state index in [9.17, 15) is 10.1 Å². The fraction of sp³-hybridized carbons (Fsp3) is 0.458. The Morgan fingerprint density at radius 1 is 1.23 bits per heavy atom. The Labute approximate surface area is 185 Å². The number of carbonyl (C=O) groups excluding carboxylic acids is 1. The van der Waals surface area contributed by atoms with Crippen molar-refractivity contribution >= 4 is 33.2 Å². The number of fused-ring (bicyclic) bond motifs is 4. The van der Waals surface area contributed by atoms with E-state index in [-0.39, 0.29) is 5.78 Å². The molecule has 0 bridgehead atoms. The molecule has 6 rings (SSSR count). The first-order valence-corrected chi connectivity index (χ1v) is 11.9. The van der Waals surface area contributed by atoms with E-state index in [2.05, 4.69) is 34.7 Å². The molecular formula is C24H25N5OS. The van der Waals surface area contributed by atoms with Gasteiger partial charge in [-0.2, -0.15) is 5.26 Å². The maximum absolute atomic E-state index is 13.6.